The van der Waals surface area contributed by atoms with E-state index < -0.39 is 0 Å². The number of nitrogens with zero attached hydrogens (tertiary/aromatic N) is 5. The third kappa shape index (κ3) is 4.78. The third-order valence-electron chi connectivity index (χ3n) is 10.5. The second kappa shape index (κ2) is 11.7. The van der Waals surface area contributed by atoms with Gasteiger partial charge in [-0.1, -0.05) is 127 Å². The van der Waals surface area contributed by atoms with Crippen LogP contribution in [-0.2, 0) is 0 Å². The Morgan fingerprint density at radius 3 is 1.69 bits per heavy atom. The minimum Gasteiger partial charge on any atom is -0.309 e. The molecule has 7 aromatic carbocycles. The molecule has 10 rings (SSSR count). The summed E-state index contributed by atoms with van der Waals surface area (Å²) in [5.74, 6) is 1.92. The first-order valence-electron chi connectivity index (χ1n) is 17.6. The second-order valence-corrected chi connectivity index (χ2v) is 13.9. The summed E-state index contributed by atoms with van der Waals surface area (Å²) in [6.07, 6.45) is 0. The Bertz CT molecular complexity index is 2800. The SMILES string of the molecule is C[N+]1(C)c2ccccc2-c2cc3c4ccccc4n(-c4cccc(-c5nc(-c6ccccc6)nc(-c6ccc(-c7ccccc7)cc6)n5)c4)c3cc21. The summed E-state index contributed by atoms with van der Waals surface area (Å²) in [5.41, 5.74) is 13.7. The molecule has 0 saturated carbocycles. The summed E-state index contributed by atoms with van der Waals surface area (Å²) in [4.78, 5) is 15.2. The molecule has 2 aromatic heterocycles. The van der Waals surface area contributed by atoms with Crippen molar-refractivity contribution in [3.8, 4) is 62.1 Å². The first-order valence-corrected chi connectivity index (χ1v) is 17.6. The minimum atomic E-state index is 0.632. The van der Waals surface area contributed by atoms with E-state index >= 15 is 0 Å². The van der Waals surface area contributed by atoms with Crippen LogP contribution >= 0.6 is 0 Å². The second-order valence-electron chi connectivity index (χ2n) is 13.9. The van der Waals surface area contributed by atoms with Gasteiger partial charge in [-0.25, -0.2) is 15.0 Å². The van der Waals surface area contributed by atoms with Gasteiger partial charge >= 0.3 is 0 Å². The highest BCUT2D eigenvalue weighted by molar-refractivity contribution is 6.13. The van der Waals surface area contributed by atoms with Crippen molar-refractivity contribution in [2.24, 2.45) is 0 Å². The molecule has 3 heterocycles. The van der Waals surface area contributed by atoms with Crippen molar-refractivity contribution < 1.29 is 0 Å². The molecule has 0 atom stereocenters. The molecule has 0 radical (unpaired) electrons. The fraction of sp³-hybridized carbons (Fsp3) is 0.0426. The first kappa shape index (κ1) is 30.2. The Balaban J connectivity index is 1.14. The molecule has 246 valence electrons. The maximum Gasteiger partial charge on any atom is 0.164 e. The van der Waals surface area contributed by atoms with Crippen molar-refractivity contribution in [3.05, 3.63) is 170 Å². The van der Waals surface area contributed by atoms with E-state index in [1.54, 1.807) is 0 Å². The minimum absolute atomic E-state index is 0.632. The average Bonchev–Trinajstić information content (AvgIpc) is 3.65. The van der Waals surface area contributed by atoms with Gasteiger partial charge in [0.15, 0.2) is 17.5 Å². The highest BCUT2D eigenvalue weighted by Crippen LogP contribution is 2.53. The predicted octanol–water partition coefficient (Wildman–Crippen LogP) is 11.5. The average molecular weight is 669 g/mol. The van der Waals surface area contributed by atoms with Crippen LogP contribution in [0.15, 0.2) is 170 Å². The Labute approximate surface area is 302 Å². The van der Waals surface area contributed by atoms with Crippen molar-refractivity contribution in [2.45, 2.75) is 0 Å². The Morgan fingerprint density at radius 1 is 0.385 bits per heavy atom. The van der Waals surface area contributed by atoms with Crippen LogP contribution in [0.25, 0.3) is 83.9 Å². The van der Waals surface area contributed by atoms with Crippen LogP contribution in [0, 0.1) is 0 Å². The monoisotopic (exact) mass is 668 g/mol. The molecule has 1 aliphatic heterocycles. The maximum atomic E-state index is 5.10. The van der Waals surface area contributed by atoms with Gasteiger partial charge in [-0.3, -0.25) is 4.48 Å². The van der Waals surface area contributed by atoms with Gasteiger partial charge in [0.25, 0.3) is 0 Å². The number of quaternary nitrogens is 1. The van der Waals surface area contributed by atoms with Crippen LogP contribution in [0.3, 0.4) is 0 Å². The summed E-state index contributed by atoms with van der Waals surface area (Å²) in [7, 11) is 4.56. The zero-order chi connectivity index (χ0) is 34.8. The molecule has 0 amide bonds. The lowest BCUT2D eigenvalue weighted by molar-refractivity contribution is 0.569. The fourth-order valence-corrected chi connectivity index (χ4v) is 7.86. The Morgan fingerprint density at radius 2 is 0.942 bits per heavy atom. The van der Waals surface area contributed by atoms with E-state index in [-0.39, 0.29) is 0 Å². The predicted molar refractivity (Wildman–Crippen MR) is 215 cm³/mol. The smallest absolute Gasteiger partial charge is 0.164 e. The molecule has 0 spiro atoms. The number of rotatable bonds is 5. The highest BCUT2D eigenvalue weighted by atomic mass is 15.3. The van der Waals surface area contributed by atoms with Crippen molar-refractivity contribution in [1.29, 1.82) is 0 Å². The van der Waals surface area contributed by atoms with E-state index in [1.165, 1.54) is 44.4 Å². The molecular formula is C47H34N5+. The summed E-state index contributed by atoms with van der Waals surface area (Å²) in [6.45, 7) is 0. The molecule has 5 nitrogen and oxygen atoms in total. The van der Waals surface area contributed by atoms with Crippen molar-refractivity contribution in [2.75, 3.05) is 14.1 Å². The van der Waals surface area contributed by atoms with Crippen LogP contribution in [0.5, 0.6) is 0 Å². The van der Waals surface area contributed by atoms with E-state index in [9.17, 15) is 0 Å². The van der Waals surface area contributed by atoms with Crippen LogP contribution < -0.4 is 4.48 Å². The molecule has 0 unspecified atom stereocenters. The Kier molecular flexibility index (Phi) is 6.78. The third-order valence-corrected chi connectivity index (χ3v) is 10.5. The van der Waals surface area contributed by atoms with Crippen LogP contribution in [0.1, 0.15) is 0 Å². The topological polar surface area (TPSA) is 43.6 Å². The zero-order valence-electron chi connectivity index (χ0n) is 28.9. The number of aromatic nitrogens is 4. The number of benzene rings is 7. The van der Waals surface area contributed by atoms with Gasteiger partial charge in [0.2, 0.25) is 0 Å². The van der Waals surface area contributed by atoms with Gasteiger partial charge in [-0.2, -0.15) is 0 Å². The van der Waals surface area contributed by atoms with Crippen LogP contribution in [0.4, 0.5) is 11.4 Å². The van der Waals surface area contributed by atoms with Gasteiger partial charge in [0, 0.05) is 56.4 Å². The zero-order valence-corrected chi connectivity index (χ0v) is 28.9. The molecule has 5 heteroatoms. The lowest BCUT2D eigenvalue weighted by Crippen LogP contribution is -2.31. The van der Waals surface area contributed by atoms with E-state index in [2.05, 4.69) is 152 Å². The standard InChI is InChI=1S/C47H34N5/c1-52(2)43-23-12-10-21-38(43)40-29-39-37-20-9-11-22-41(37)51(42(39)30-44(40)52)36-19-13-18-35(28-36)47-49-45(33-16-7-4-8-17-33)48-46(50-47)34-26-24-32(25-27-34)31-14-5-3-6-15-31/h3-30H,1-2H3/q+1. The summed E-state index contributed by atoms with van der Waals surface area (Å²) < 4.78 is 3.09. The summed E-state index contributed by atoms with van der Waals surface area (Å²) in [6, 6.07) is 59.9. The van der Waals surface area contributed by atoms with Gasteiger partial charge in [0.05, 0.1) is 25.1 Å². The quantitative estimate of drug-likeness (QED) is 0.171. The van der Waals surface area contributed by atoms with Crippen molar-refractivity contribution in [3.63, 3.8) is 0 Å². The normalized spacial score (nSPS) is 13.0. The Hall–Kier alpha value is -6.69. The highest BCUT2D eigenvalue weighted by Gasteiger charge is 2.37. The van der Waals surface area contributed by atoms with Gasteiger partial charge < -0.3 is 4.57 Å². The molecule has 52 heavy (non-hydrogen) atoms. The molecule has 0 N–H and O–H groups in total. The largest absolute Gasteiger partial charge is 0.309 e. The van der Waals surface area contributed by atoms with E-state index in [0.717, 1.165) is 33.5 Å². The van der Waals surface area contributed by atoms with Gasteiger partial charge in [-0.05, 0) is 41.5 Å². The molecular weight excluding hydrogens is 635 g/mol. The van der Waals surface area contributed by atoms with Crippen LogP contribution in [0.2, 0.25) is 0 Å². The molecule has 0 aliphatic carbocycles. The fourth-order valence-electron chi connectivity index (χ4n) is 7.86. The molecule has 0 saturated heterocycles. The lowest BCUT2D eigenvalue weighted by Gasteiger charge is -2.25. The number of hydrogen-bond acceptors (Lipinski definition) is 3. The lowest BCUT2D eigenvalue weighted by atomic mass is 10.0. The van der Waals surface area contributed by atoms with E-state index in [4.69, 9.17) is 15.0 Å². The number of fused-ring (bicyclic) bond motifs is 6. The summed E-state index contributed by atoms with van der Waals surface area (Å²) >= 11 is 0. The van der Waals surface area contributed by atoms with E-state index in [0.29, 0.717) is 22.0 Å². The van der Waals surface area contributed by atoms with Crippen molar-refractivity contribution in [1.82, 2.24) is 24.0 Å². The summed E-state index contributed by atoms with van der Waals surface area (Å²) in [5, 5.41) is 2.47. The van der Waals surface area contributed by atoms with Gasteiger partial charge in [0.1, 0.15) is 11.4 Å². The molecule has 0 fully saturated rings. The molecule has 1 aliphatic rings. The molecule has 9 aromatic rings. The van der Waals surface area contributed by atoms with Gasteiger partial charge in [-0.15, -0.1) is 0 Å². The van der Waals surface area contributed by atoms with Crippen LogP contribution in [-0.4, -0.2) is 33.6 Å². The number of hydrogen-bond donors (Lipinski definition) is 0. The first-order chi connectivity index (χ1) is 25.5. The van der Waals surface area contributed by atoms with Crippen molar-refractivity contribution >= 4 is 33.2 Å². The maximum absolute atomic E-state index is 5.10. The molecule has 0 bridgehead atoms. The van der Waals surface area contributed by atoms with E-state index in [1.807, 2.05) is 36.4 Å². The number of para-hydroxylation sites is 2.